The molecule has 0 bridgehead atoms. The summed E-state index contributed by atoms with van der Waals surface area (Å²) in [7, 11) is 0. The largest absolute Gasteiger partial charge is 0.487 e. The normalized spacial score (nSPS) is 28.8. The Morgan fingerprint density at radius 3 is 2.62 bits per heavy atom. The second kappa shape index (κ2) is 6.37. The molecule has 2 aliphatic rings. The second-order valence-electron chi connectivity index (χ2n) is 7.03. The van der Waals surface area contributed by atoms with E-state index in [1.54, 1.807) is 6.07 Å². The van der Waals surface area contributed by atoms with Crippen LogP contribution in [0.3, 0.4) is 0 Å². The first-order valence-corrected chi connectivity index (χ1v) is 8.65. The maximum Gasteiger partial charge on any atom is 0.165 e. The van der Waals surface area contributed by atoms with Crippen molar-refractivity contribution in [1.29, 1.82) is 0 Å². The van der Waals surface area contributed by atoms with Gasteiger partial charge < -0.3 is 4.74 Å². The number of halogens is 1. The van der Waals surface area contributed by atoms with Crippen LogP contribution in [-0.4, -0.2) is 6.10 Å². The van der Waals surface area contributed by atoms with Gasteiger partial charge in [0.25, 0.3) is 0 Å². The lowest BCUT2D eigenvalue weighted by molar-refractivity contribution is 0.0748. The van der Waals surface area contributed by atoms with Crippen molar-refractivity contribution in [3.63, 3.8) is 0 Å². The van der Waals surface area contributed by atoms with E-state index in [4.69, 9.17) is 4.74 Å². The highest BCUT2D eigenvalue weighted by Gasteiger charge is 2.31. The van der Waals surface area contributed by atoms with Crippen LogP contribution in [0.4, 0.5) is 4.39 Å². The molecule has 0 radical (unpaired) electrons. The molecule has 2 heteroatoms. The summed E-state index contributed by atoms with van der Waals surface area (Å²) in [4.78, 5) is 0. The summed E-state index contributed by atoms with van der Waals surface area (Å²) in [5.41, 5.74) is 2.20. The average Bonchev–Trinajstić information content (AvgIpc) is 2.48. The van der Waals surface area contributed by atoms with Gasteiger partial charge >= 0.3 is 0 Å². The van der Waals surface area contributed by atoms with Crippen molar-refractivity contribution in [2.75, 3.05) is 0 Å². The van der Waals surface area contributed by atoms with E-state index in [9.17, 15) is 4.39 Å². The first-order valence-electron chi connectivity index (χ1n) is 8.65. The summed E-state index contributed by atoms with van der Waals surface area (Å²) in [6.45, 7) is 4.47. The minimum absolute atomic E-state index is 0.148. The van der Waals surface area contributed by atoms with Crippen molar-refractivity contribution >= 4 is 0 Å². The summed E-state index contributed by atoms with van der Waals surface area (Å²) < 4.78 is 20.4. The van der Waals surface area contributed by atoms with Crippen LogP contribution in [0.5, 0.6) is 5.75 Å². The molecule has 0 saturated heterocycles. The lowest BCUT2D eigenvalue weighted by Crippen LogP contribution is -2.33. The van der Waals surface area contributed by atoms with Crippen LogP contribution in [0.25, 0.3) is 0 Å². The fourth-order valence-corrected chi connectivity index (χ4v) is 3.96. The molecule has 0 N–H and O–H groups in total. The molecule has 1 saturated carbocycles. The van der Waals surface area contributed by atoms with Crippen LogP contribution >= 0.6 is 0 Å². The third-order valence-corrected chi connectivity index (χ3v) is 5.27. The summed E-state index contributed by atoms with van der Waals surface area (Å²) in [6.07, 6.45) is 9.37. The molecule has 1 aliphatic carbocycles. The number of aryl methyl sites for hydroxylation is 2. The van der Waals surface area contributed by atoms with Crippen molar-refractivity contribution < 1.29 is 9.13 Å². The highest BCUT2D eigenvalue weighted by Crippen LogP contribution is 2.39. The maximum atomic E-state index is 14.3. The molecule has 3 rings (SSSR count). The molecule has 21 heavy (non-hydrogen) atoms. The second-order valence-corrected chi connectivity index (χ2v) is 7.03. The van der Waals surface area contributed by atoms with E-state index in [0.29, 0.717) is 11.7 Å². The van der Waals surface area contributed by atoms with Gasteiger partial charge in [0.05, 0.1) is 0 Å². The fraction of sp³-hybridized carbons (Fsp3) is 0.684. The topological polar surface area (TPSA) is 9.23 Å². The van der Waals surface area contributed by atoms with Crippen molar-refractivity contribution in [2.45, 2.75) is 71.3 Å². The van der Waals surface area contributed by atoms with E-state index in [-0.39, 0.29) is 11.9 Å². The zero-order valence-corrected chi connectivity index (χ0v) is 13.3. The SMILES string of the molecule is CCCc1cc(F)c2c(c1)CCC(C1CCC(C)CC1)O2. The molecule has 1 nitrogen and oxygen atoms in total. The van der Waals surface area contributed by atoms with Crippen molar-refractivity contribution in [3.8, 4) is 5.75 Å². The monoisotopic (exact) mass is 290 g/mol. The lowest BCUT2D eigenvalue weighted by atomic mass is 9.78. The molecular formula is C19H27FO. The minimum atomic E-state index is -0.148. The van der Waals surface area contributed by atoms with Gasteiger partial charge in [-0.15, -0.1) is 0 Å². The third-order valence-electron chi connectivity index (χ3n) is 5.27. The van der Waals surface area contributed by atoms with Gasteiger partial charge in [0.2, 0.25) is 0 Å². The molecular weight excluding hydrogens is 263 g/mol. The number of hydrogen-bond acceptors (Lipinski definition) is 1. The van der Waals surface area contributed by atoms with Gasteiger partial charge in [-0.1, -0.05) is 39.2 Å². The summed E-state index contributed by atoms with van der Waals surface area (Å²) in [5.74, 6) is 1.88. The Hall–Kier alpha value is -1.05. The predicted octanol–water partition coefficient (Wildman–Crippen LogP) is 5.30. The molecule has 1 aromatic carbocycles. The van der Waals surface area contributed by atoms with Gasteiger partial charge in [-0.05, 0) is 61.1 Å². The third kappa shape index (κ3) is 3.25. The van der Waals surface area contributed by atoms with E-state index in [1.807, 2.05) is 0 Å². The van der Waals surface area contributed by atoms with Gasteiger partial charge in [-0.25, -0.2) is 4.39 Å². The highest BCUT2D eigenvalue weighted by atomic mass is 19.1. The van der Waals surface area contributed by atoms with Crippen LogP contribution in [-0.2, 0) is 12.8 Å². The van der Waals surface area contributed by atoms with E-state index < -0.39 is 0 Å². The number of benzene rings is 1. The standard InChI is InChI=1S/C19H27FO/c1-3-4-14-11-16-9-10-18(21-19(16)17(20)12-14)15-7-5-13(2)6-8-15/h11-13,15,18H,3-10H2,1-2H3. The molecule has 1 unspecified atom stereocenters. The van der Waals surface area contributed by atoms with Crippen molar-refractivity contribution in [3.05, 3.63) is 29.1 Å². The van der Waals surface area contributed by atoms with E-state index in [1.165, 1.54) is 25.7 Å². The van der Waals surface area contributed by atoms with Crippen molar-refractivity contribution in [2.24, 2.45) is 11.8 Å². The van der Waals surface area contributed by atoms with E-state index >= 15 is 0 Å². The van der Waals surface area contributed by atoms with Gasteiger partial charge in [0.15, 0.2) is 11.6 Å². The first-order chi connectivity index (χ1) is 10.2. The zero-order chi connectivity index (χ0) is 14.8. The minimum Gasteiger partial charge on any atom is -0.487 e. The molecule has 116 valence electrons. The molecule has 1 aliphatic heterocycles. The Balaban J connectivity index is 1.73. The number of rotatable bonds is 3. The Kier molecular flexibility index (Phi) is 4.51. The average molecular weight is 290 g/mol. The quantitative estimate of drug-likeness (QED) is 0.734. The summed E-state index contributed by atoms with van der Waals surface area (Å²) >= 11 is 0. The highest BCUT2D eigenvalue weighted by molar-refractivity contribution is 5.40. The Bertz CT molecular complexity index is 489. The predicted molar refractivity (Wildman–Crippen MR) is 84.3 cm³/mol. The van der Waals surface area contributed by atoms with Crippen LogP contribution < -0.4 is 4.74 Å². The summed E-state index contributed by atoms with van der Waals surface area (Å²) in [6, 6.07) is 3.83. The van der Waals surface area contributed by atoms with E-state index in [2.05, 4.69) is 19.9 Å². The van der Waals surface area contributed by atoms with Gasteiger partial charge in [0, 0.05) is 0 Å². The van der Waals surface area contributed by atoms with Gasteiger partial charge in [0.1, 0.15) is 6.10 Å². The van der Waals surface area contributed by atoms with Gasteiger partial charge in [-0.3, -0.25) is 0 Å². The van der Waals surface area contributed by atoms with Crippen molar-refractivity contribution in [1.82, 2.24) is 0 Å². The Labute approximate surface area is 127 Å². The fourth-order valence-electron chi connectivity index (χ4n) is 3.96. The maximum absolute atomic E-state index is 14.3. The zero-order valence-electron chi connectivity index (χ0n) is 13.3. The molecule has 1 aromatic rings. The van der Waals surface area contributed by atoms with E-state index in [0.717, 1.165) is 42.7 Å². The number of hydrogen-bond donors (Lipinski definition) is 0. The molecule has 1 heterocycles. The van der Waals surface area contributed by atoms with Crippen LogP contribution in [0.1, 0.15) is 63.5 Å². The van der Waals surface area contributed by atoms with Crippen LogP contribution in [0, 0.1) is 17.7 Å². The molecule has 0 amide bonds. The van der Waals surface area contributed by atoms with Crippen LogP contribution in [0.2, 0.25) is 0 Å². The number of ether oxygens (including phenoxy) is 1. The molecule has 0 aromatic heterocycles. The summed E-state index contributed by atoms with van der Waals surface area (Å²) in [5, 5.41) is 0. The van der Waals surface area contributed by atoms with Gasteiger partial charge in [-0.2, -0.15) is 0 Å². The van der Waals surface area contributed by atoms with Crippen LogP contribution in [0.15, 0.2) is 12.1 Å². The molecule has 1 atom stereocenters. The molecule has 0 spiro atoms. The smallest absolute Gasteiger partial charge is 0.165 e. The first kappa shape index (κ1) is 14.9. The Morgan fingerprint density at radius 2 is 1.90 bits per heavy atom. The lowest BCUT2D eigenvalue weighted by Gasteiger charge is -2.36. The number of fused-ring (bicyclic) bond motifs is 1. The Morgan fingerprint density at radius 1 is 1.14 bits per heavy atom. The molecule has 1 fully saturated rings.